The van der Waals surface area contributed by atoms with E-state index in [1.54, 1.807) is 0 Å². The molecule has 1 unspecified atom stereocenters. The first-order valence-electron chi connectivity index (χ1n) is 12.0. The van der Waals surface area contributed by atoms with Crippen LogP contribution in [0, 0.1) is 10.1 Å². The number of nitrogens with zero attached hydrogens (tertiary/aromatic N) is 2. The van der Waals surface area contributed by atoms with Gasteiger partial charge in [0.25, 0.3) is 0 Å². The fraction of sp³-hybridized carbons (Fsp3) is 0.760. The lowest BCUT2D eigenvalue weighted by Crippen LogP contribution is -2.47. The van der Waals surface area contributed by atoms with Crippen molar-refractivity contribution in [3.05, 3.63) is 46.0 Å². The molecule has 4 nitrogen and oxygen atoms in total. The van der Waals surface area contributed by atoms with Crippen molar-refractivity contribution < 1.29 is 9.41 Å². The zero-order valence-corrected chi connectivity index (χ0v) is 19.3. The molecule has 0 bridgehead atoms. The van der Waals surface area contributed by atoms with Crippen LogP contribution in [-0.4, -0.2) is 30.0 Å². The summed E-state index contributed by atoms with van der Waals surface area (Å²) in [5, 5.41) is 11.7. The molecule has 0 heterocycles. The lowest BCUT2D eigenvalue weighted by atomic mass is 10.0. The minimum absolute atomic E-state index is 0.126. The number of hydrogen-bond donors (Lipinski definition) is 0. The molecule has 0 N–H and O–H groups in total. The topological polar surface area (TPSA) is 43.1 Å². The number of quaternary nitrogens is 1. The molecule has 1 aromatic rings. The maximum Gasteiger partial charge on any atom is 0.362 e. The second kappa shape index (κ2) is 15.4. The summed E-state index contributed by atoms with van der Waals surface area (Å²) in [6, 6.07) is 9.43. The molecule has 0 radical (unpaired) electrons. The van der Waals surface area contributed by atoms with E-state index in [1.165, 1.54) is 83.5 Å². The molecule has 29 heavy (non-hydrogen) atoms. The zero-order valence-electron chi connectivity index (χ0n) is 19.3. The maximum absolute atomic E-state index is 11.7. The fourth-order valence-electron chi connectivity index (χ4n) is 4.24. The van der Waals surface area contributed by atoms with E-state index in [2.05, 4.69) is 6.92 Å². The van der Waals surface area contributed by atoms with Crippen molar-refractivity contribution in [3.63, 3.8) is 0 Å². The smallest absolute Gasteiger partial charge is 0.262 e. The Bertz CT molecular complexity index is 531. The van der Waals surface area contributed by atoms with Crippen LogP contribution in [0.4, 0.5) is 0 Å². The van der Waals surface area contributed by atoms with E-state index >= 15 is 0 Å². The number of unbranched alkanes of at least 4 members (excludes halogenated alkanes) is 13. The van der Waals surface area contributed by atoms with Crippen LogP contribution in [0.5, 0.6) is 0 Å². The van der Waals surface area contributed by atoms with Crippen molar-refractivity contribution in [1.82, 2.24) is 0 Å². The summed E-state index contributed by atoms with van der Waals surface area (Å²) in [6.45, 7) is 3.12. The lowest BCUT2D eigenvalue weighted by molar-refractivity contribution is -1.00. The van der Waals surface area contributed by atoms with Crippen LogP contribution >= 0.6 is 0 Å². The molecule has 0 aliphatic heterocycles. The molecule has 0 saturated heterocycles. The third kappa shape index (κ3) is 11.4. The predicted octanol–water partition coefficient (Wildman–Crippen LogP) is 7.52. The van der Waals surface area contributed by atoms with Gasteiger partial charge in [-0.05, 0) is 25.0 Å². The zero-order chi connectivity index (χ0) is 21.4. The Morgan fingerprint density at radius 3 is 1.59 bits per heavy atom. The molecule has 0 aromatic heterocycles. The first-order valence-corrected chi connectivity index (χ1v) is 12.0. The summed E-state index contributed by atoms with van der Waals surface area (Å²) in [6.07, 6.45) is 18.0. The highest BCUT2D eigenvalue weighted by atomic mass is 16.6. The summed E-state index contributed by atoms with van der Waals surface area (Å²) in [5.41, 5.74) is 0.799. The highest BCUT2D eigenvalue weighted by molar-refractivity contribution is 5.15. The number of benzene rings is 1. The largest absolute Gasteiger partial charge is 0.362 e. The molecule has 166 valence electrons. The molecule has 0 aliphatic rings. The van der Waals surface area contributed by atoms with Gasteiger partial charge in [0.1, 0.15) is 0 Å². The summed E-state index contributed by atoms with van der Waals surface area (Å²) in [4.78, 5) is 11.6. The molecule has 0 amide bonds. The van der Waals surface area contributed by atoms with E-state index in [1.807, 2.05) is 44.4 Å². The Hall–Kier alpha value is -1.42. The maximum atomic E-state index is 11.7. The summed E-state index contributed by atoms with van der Waals surface area (Å²) in [7, 11) is 3.98. The van der Waals surface area contributed by atoms with Gasteiger partial charge in [-0.15, -0.1) is 0 Å². The van der Waals surface area contributed by atoms with E-state index in [0.29, 0.717) is 4.48 Å². The van der Waals surface area contributed by atoms with Gasteiger partial charge >= 0.3 is 6.17 Å². The van der Waals surface area contributed by atoms with E-state index < -0.39 is 6.17 Å². The Morgan fingerprint density at radius 1 is 0.759 bits per heavy atom. The molecule has 0 spiro atoms. The molecule has 4 heteroatoms. The van der Waals surface area contributed by atoms with Gasteiger partial charge in [-0.2, -0.15) is 0 Å². The Morgan fingerprint density at radius 2 is 1.17 bits per heavy atom. The molecular formula is C25H45N2O2+. The van der Waals surface area contributed by atoms with Crippen LogP contribution in [0.15, 0.2) is 30.3 Å². The van der Waals surface area contributed by atoms with Crippen molar-refractivity contribution in [2.45, 2.75) is 103 Å². The Labute approximate surface area is 179 Å². The number of hydrogen-bond acceptors (Lipinski definition) is 2. The molecular weight excluding hydrogens is 360 g/mol. The molecule has 0 aliphatic carbocycles. The predicted molar refractivity (Wildman–Crippen MR) is 123 cm³/mol. The Kier molecular flexibility index (Phi) is 13.6. The van der Waals surface area contributed by atoms with Crippen molar-refractivity contribution >= 4 is 0 Å². The quantitative estimate of drug-likeness (QED) is 0.0833. The molecule has 0 saturated carbocycles. The van der Waals surface area contributed by atoms with Crippen LogP contribution < -0.4 is 0 Å². The van der Waals surface area contributed by atoms with E-state index in [-0.39, 0.29) is 4.92 Å². The standard InChI is InChI=1S/C25H45N2O2/c1-4-5-6-7-8-9-10-11-12-13-14-15-16-20-23-27(2,3)25(26(28)29)24-21-18-17-19-22-24/h17-19,21-22,25H,4-16,20,23H2,1-3H3/q+1. The van der Waals surface area contributed by atoms with E-state index in [4.69, 9.17) is 0 Å². The van der Waals surface area contributed by atoms with Crippen LogP contribution in [0.25, 0.3) is 0 Å². The lowest BCUT2D eigenvalue weighted by Gasteiger charge is -2.32. The number of nitro groups is 1. The van der Waals surface area contributed by atoms with Crippen molar-refractivity contribution in [3.8, 4) is 0 Å². The van der Waals surface area contributed by atoms with E-state index in [9.17, 15) is 10.1 Å². The van der Waals surface area contributed by atoms with Gasteiger partial charge in [0.2, 0.25) is 0 Å². The Balaban J connectivity index is 2.09. The second-order valence-electron chi connectivity index (χ2n) is 9.17. The number of rotatable bonds is 18. The van der Waals surface area contributed by atoms with Crippen LogP contribution in [0.3, 0.4) is 0 Å². The average molecular weight is 406 g/mol. The van der Waals surface area contributed by atoms with Gasteiger partial charge < -0.3 is 0 Å². The first kappa shape index (κ1) is 25.6. The minimum atomic E-state index is -0.682. The van der Waals surface area contributed by atoms with Gasteiger partial charge in [0.05, 0.1) is 31.1 Å². The fourth-order valence-corrected chi connectivity index (χ4v) is 4.24. The van der Waals surface area contributed by atoms with Gasteiger partial charge in [0.15, 0.2) is 0 Å². The second-order valence-corrected chi connectivity index (χ2v) is 9.17. The molecule has 0 fully saturated rings. The molecule has 1 rings (SSSR count). The minimum Gasteiger partial charge on any atom is -0.262 e. The van der Waals surface area contributed by atoms with Gasteiger partial charge in [-0.25, -0.2) is 0 Å². The molecule has 1 aromatic carbocycles. The van der Waals surface area contributed by atoms with Crippen molar-refractivity contribution in [2.75, 3.05) is 20.6 Å². The summed E-state index contributed by atoms with van der Waals surface area (Å²) < 4.78 is 0.412. The third-order valence-corrected chi connectivity index (χ3v) is 6.05. The first-order chi connectivity index (χ1) is 14.0. The van der Waals surface area contributed by atoms with E-state index in [0.717, 1.165) is 18.5 Å². The van der Waals surface area contributed by atoms with Gasteiger partial charge in [-0.1, -0.05) is 102 Å². The normalized spacial score (nSPS) is 12.8. The van der Waals surface area contributed by atoms with Crippen LogP contribution in [0.1, 0.15) is 109 Å². The SMILES string of the molecule is CCCCCCCCCCCCCCCC[N+](C)(C)C(c1ccccc1)[N+](=O)[O-]. The van der Waals surface area contributed by atoms with Gasteiger partial charge in [-0.3, -0.25) is 14.6 Å². The average Bonchev–Trinajstić information content (AvgIpc) is 2.68. The van der Waals surface area contributed by atoms with Crippen molar-refractivity contribution in [1.29, 1.82) is 0 Å². The summed E-state index contributed by atoms with van der Waals surface area (Å²) >= 11 is 0. The van der Waals surface area contributed by atoms with Crippen LogP contribution in [0.2, 0.25) is 0 Å². The van der Waals surface area contributed by atoms with Crippen molar-refractivity contribution in [2.24, 2.45) is 0 Å². The highest BCUT2D eigenvalue weighted by Crippen LogP contribution is 2.26. The summed E-state index contributed by atoms with van der Waals surface area (Å²) in [5.74, 6) is 0. The third-order valence-electron chi connectivity index (χ3n) is 6.05. The van der Waals surface area contributed by atoms with Crippen LogP contribution in [-0.2, 0) is 0 Å². The molecule has 1 atom stereocenters. The monoisotopic (exact) mass is 405 g/mol. The highest BCUT2D eigenvalue weighted by Gasteiger charge is 2.39. The van der Waals surface area contributed by atoms with Gasteiger partial charge in [0, 0.05) is 0 Å².